The minimum Gasteiger partial charge on any atom is -0.497 e. The maximum absolute atomic E-state index is 12.2. The Morgan fingerprint density at radius 2 is 2.08 bits per heavy atom. The predicted octanol–water partition coefficient (Wildman–Crippen LogP) is 2.04. The second kappa shape index (κ2) is 6.00. The Kier molecular flexibility index (Phi) is 4.09. The molecular weight excluding hydrogens is 324 g/mol. The molecular formula is C18H26N2O3S. The van der Waals surface area contributed by atoms with Gasteiger partial charge < -0.3 is 4.74 Å². The van der Waals surface area contributed by atoms with Crippen LogP contribution in [0.2, 0.25) is 0 Å². The molecule has 3 aliphatic rings. The van der Waals surface area contributed by atoms with Gasteiger partial charge in [-0.2, -0.15) is 4.31 Å². The molecule has 0 unspecified atom stereocenters. The first-order chi connectivity index (χ1) is 11.5. The Hall–Kier alpha value is -1.11. The number of hydrogen-bond acceptors (Lipinski definition) is 4. The van der Waals surface area contributed by atoms with Crippen molar-refractivity contribution in [3.8, 4) is 5.75 Å². The largest absolute Gasteiger partial charge is 0.497 e. The number of methoxy groups -OCH3 is 1. The van der Waals surface area contributed by atoms with Crippen LogP contribution in [-0.2, 0) is 16.4 Å². The third-order valence-corrected chi connectivity index (χ3v) is 7.35. The topological polar surface area (TPSA) is 49.9 Å². The molecule has 3 heterocycles. The molecule has 5 nitrogen and oxygen atoms in total. The van der Waals surface area contributed by atoms with Crippen molar-refractivity contribution in [3.63, 3.8) is 0 Å². The van der Waals surface area contributed by atoms with Gasteiger partial charge in [-0.3, -0.25) is 4.90 Å². The summed E-state index contributed by atoms with van der Waals surface area (Å²) in [5.41, 5.74) is 2.72. The minimum atomic E-state index is -3.13. The van der Waals surface area contributed by atoms with E-state index in [-0.39, 0.29) is 6.04 Å². The van der Waals surface area contributed by atoms with E-state index in [0.29, 0.717) is 18.5 Å². The smallest absolute Gasteiger partial charge is 0.211 e. The second-order valence-electron chi connectivity index (χ2n) is 7.40. The lowest BCUT2D eigenvalue weighted by Crippen LogP contribution is -2.57. The highest BCUT2D eigenvalue weighted by atomic mass is 32.2. The first-order valence-electron chi connectivity index (χ1n) is 8.85. The first kappa shape index (κ1) is 16.4. The molecule has 2 saturated heterocycles. The van der Waals surface area contributed by atoms with Crippen molar-refractivity contribution in [1.29, 1.82) is 0 Å². The van der Waals surface area contributed by atoms with Crippen LogP contribution in [0.15, 0.2) is 18.2 Å². The van der Waals surface area contributed by atoms with Crippen LogP contribution in [0.4, 0.5) is 0 Å². The molecule has 0 aliphatic carbocycles. The molecule has 3 atom stereocenters. The van der Waals surface area contributed by atoms with Gasteiger partial charge in [-0.05, 0) is 54.9 Å². The van der Waals surface area contributed by atoms with Crippen LogP contribution in [0, 0.1) is 5.92 Å². The van der Waals surface area contributed by atoms with Crippen LogP contribution >= 0.6 is 0 Å². The van der Waals surface area contributed by atoms with E-state index in [1.165, 1.54) is 17.4 Å². The molecule has 4 rings (SSSR count). The first-order valence-corrected chi connectivity index (χ1v) is 10.7. The van der Waals surface area contributed by atoms with E-state index in [2.05, 4.69) is 17.0 Å². The van der Waals surface area contributed by atoms with E-state index in [4.69, 9.17) is 4.74 Å². The van der Waals surface area contributed by atoms with Crippen LogP contribution in [0.3, 0.4) is 0 Å². The van der Waals surface area contributed by atoms with E-state index < -0.39 is 10.0 Å². The van der Waals surface area contributed by atoms with Gasteiger partial charge in [-0.1, -0.05) is 6.07 Å². The zero-order valence-electron chi connectivity index (χ0n) is 14.4. The Bertz CT molecular complexity index is 734. The lowest BCUT2D eigenvalue weighted by atomic mass is 9.77. The molecule has 2 fully saturated rings. The van der Waals surface area contributed by atoms with Crippen molar-refractivity contribution >= 4 is 10.0 Å². The second-order valence-corrected chi connectivity index (χ2v) is 9.34. The fourth-order valence-electron chi connectivity index (χ4n) is 4.93. The summed E-state index contributed by atoms with van der Waals surface area (Å²) in [5, 5.41) is 0. The van der Waals surface area contributed by atoms with Gasteiger partial charge in [0.25, 0.3) is 0 Å². The molecule has 0 amide bonds. The molecule has 0 aromatic heterocycles. The van der Waals surface area contributed by atoms with E-state index in [1.807, 2.05) is 6.07 Å². The van der Waals surface area contributed by atoms with Gasteiger partial charge in [-0.25, -0.2) is 8.42 Å². The average molecular weight is 350 g/mol. The summed E-state index contributed by atoms with van der Waals surface area (Å²) >= 11 is 0. The van der Waals surface area contributed by atoms with Crippen LogP contribution in [-0.4, -0.2) is 56.7 Å². The zero-order chi connectivity index (χ0) is 16.9. The number of benzene rings is 1. The van der Waals surface area contributed by atoms with E-state index in [9.17, 15) is 8.42 Å². The summed E-state index contributed by atoms with van der Waals surface area (Å²) in [4.78, 5) is 2.57. The van der Waals surface area contributed by atoms with Crippen molar-refractivity contribution < 1.29 is 13.2 Å². The number of fused-ring (bicyclic) bond motifs is 4. The highest BCUT2D eigenvalue weighted by Crippen LogP contribution is 2.43. The average Bonchev–Trinajstić information content (AvgIpc) is 2.58. The summed E-state index contributed by atoms with van der Waals surface area (Å²) in [5.74, 6) is 1.39. The molecule has 1 aromatic carbocycles. The van der Waals surface area contributed by atoms with Crippen molar-refractivity contribution in [3.05, 3.63) is 29.3 Å². The van der Waals surface area contributed by atoms with Gasteiger partial charge in [0.05, 0.1) is 13.4 Å². The van der Waals surface area contributed by atoms with E-state index >= 15 is 0 Å². The molecule has 0 radical (unpaired) electrons. The summed E-state index contributed by atoms with van der Waals surface area (Å²) in [6.07, 6.45) is 5.46. The van der Waals surface area contributed by atoms with Gasteiger partial charge >= 0.3 is 0 Å². The van der Waals surface area contributed by atoms with Crippen LogP contribution < -0.4 is 4.74 Å². The van der Waals surface area contributed by atoms with Crippen LogP contribution in [0.5, 0.6) is 5.75 Å². The molecule has 0 saturated carbocycles. The Morgan fingerprint density at radius 1 is 1.25 bits per heavy atom. The predicted molar refractivity (Wildman–Crippen MR) is 93.7 cm³/mol. The SMILES string of the molecule is COc1ccc2c(c1)CCN1C[C@H]3CCCN(S(C)(=O)=O)[C@@H]3C[C@@H]21. The standard InChI is InChI=1S/C18H26N2O3S/c1-23-15-5-6-16-13(10-15)7-9-19-12-14-4-3-8-20(24(2,21)22)17(14)11-18(16)19/h5-6,10,14,17-18H,3-4,7-9,11-12H2,1-2H3/t14-,17-,18+/m1/s1. The normalized spacial score (nSPS) is 31.0. The van der Waals surface area contributed by atoms with Crippen molar-refractivity contribution in [2.24, 2.45) is 5.92 Å². The van der Waals surface area contributed by atoms with Gasteiger partial charge in [-0.15, -0.1) is 0 Å². The third-order valence-electron chi connectivity index (χ3n) is 6.05. The van der Waals surface area contributed by atoms with Crippen LogP contribution in [0.25, 0.3) is 0 Å². The molecule has 1 aromatic rings. The Labute approximate surface area is 144 Å². The minimum absolute atomic E-state index is 0.156. The molecule has 0 spiro atoms. The molecule has 6 heteroatoms. The molecule has 132 valence electrons. The number of nitrogens with zero attached hydrogens (tertiary/aromatic N) is 2. The maximum Gasteiger partial charge on any atom is 0.211 e. The van der Waals surface area contributed by atoms with E-state index in [1.54, 1.807) is 11.4 Å². The van der Waals surface area contributed by atoms with Gasteiger partial charge in [0.15, 0.2) is 0 Å². The molecule has 24 heavy (non-hydrogen) atoms. The maximum atomic E-state index is 12.2. The summed E-state index contributed by atoms with van der Waals surface area (Å²) in [6.45, 7) is 2.77. The Morgan fingerprint density at radius 3 is 2.83 bits per heavy atom. The lowest BCUT2D eigenvalue weighted by molar-refractivity contribution is 0.0222. The number of sulfonamides is 1. The monoisotopic (exact) mass is 350 g/mol. The van der Waals surface area contributed by atoms with Crippen molar-refractivity contribution in [2.75, 3.05) is 33.0 Å². The fraction of sp³-hybridized carbons (Fsp3) is 0.667. The Balaban J connectivity index is 1.66. The number of ether oxygens (including phenoxy) is 1. The van der Waals surface area contributed by atoms with Crippen molar-refractivity contribution in [2.45, 2.75) is 37.8 Å². The van der Waals surface area contributed by atoms with Gasteiger partial charge in [0.1, 0.15) is 5.75 Å². The zero-order valence-corrected chi connectivity index (χ0v) is 15.3. The van der Waals surface area contributed by atoms with Crippen LogP contribution in [0.1, 0.15) is 36.4 Å². The third kappa shape index (κ3) is 2.74. The van der Waals surface area contributed by atoms with E-state index in [0.717, 1.165) is 44.5 Å². The summed E-state index contributed by atoms with van der Waals surface area (Å²) in [7, 11) is -1.42. The van der Waals surface area contributed by atoms with Gasteiger partial charge in [0.2, 0.25) is 10.0 Å². The molecule has 3 aliphatic heterocycles. The van der Waals surface area contributed by atoms with Crippen molar-refractivity contribution in [1.82, 2.24) is 9.21 Å². The number of rotatable bonds is 2. The molecule has 0 bridgehead atoms. The van der Waals surface area contributed by atoms with Gasteiger partial charge in [0, 0.05) is 31.7 Å². The summed E-state index contributed by atoms with van der Waals surface area (Å²) < 4.78 is 31.6. The number of hydrogen-bond donors (Lipinski definition) is 0. The lowest BCUT2D eigenvalue weighted by Gasteiger charge is -2.51. The highest BCUT2D eigenvalue weighted by molar-refractivity contribution is 7.88. The quantitative estimate of drug-likeness (QED) is 0.819. The fourth-order valence-corrected chi connectivity index (χ4v) is 6.14. The molecule has 0 N–H and O–H groups in total. The number of piperidine rings is 2. The highest BCUT2D eigenvalue weighted by Gasteiger charge is 2.44. The summed E-state index contributed by atoms with van der Waals surface area (Å²) in [6, 6.07) is 6.85.